The molecule has 25 heavy (non-hydrogen) atoms. The third-order valence-electron chi connectivity index (χ3n) is 4.67. The molecule has 3 rings (SSSR count). The van der Waals surface area contributed by atoms with Crippen molar-refractivity contribution in [1.82, 2.24) is 20.4 Å². The minimum absolute atomic E-state index is 0.0269. The number of carbonyl (C=O) groups is 2. The Morgan fingerprint density at radius 3 is 2.52 bits per heavy atom. The number of nitrogens with zero attached hydrogens (tertiary/aromatic N) is 2. The van der Waals surface area contributed by atoms with Crippen molar-refractivity contribution >= 4 is 11.8 Å². The Bertz CT molecular complexity index is 702. The third kappa shape index (κ3) is 4.07. The van der Waals surface area contributed by atoms with Crippen molar-refractivity contribution in [2.45, 2.75) is 26.2 Å². The molecule has 0 saturated carbocycles. The topological polar surface area (TPSA) is 78.1 Å². The molecule has 0 aliphatic carbocycles. The predicted molar refractivity (Wildman–Crippen MR) is 96.0 cm³/mol. The molecular formula is C19H24N4O2. The van der Waals surface area contributed by atoms with Crippen LogP contribution in [0.3, 0.4) is 0 Å². The van der Waals surface area contributed by atoms with Crippen molar-refractivity contribution in [2.24, 2.45) is 5.92 Å². The molecule has 1 aliphatic heterocycles. The molecule has 6 nitrogen and oxygen atoms in total. The number of rotatable bonds is 5. The number of nitrogens with one attached hydrogen (secondary N) is 2. The number of H-pyrrole nitrogens is 1. The molecule has 2 amide bonds. The van der Waals surface area contributed by atoms with Crippen LogP contribution in [0.4, 0.5) is 0 Å². The number of carbonyl (C=O) groups excluding carboxylic acids is 2. The summed E-state index contributed by atoms with van der Waals surface area (Å²) in [4.78, 5) is 26.5. The van der Waals surface area contributed by atoms with E-state index in [9.17, 15) is 9.59 Å². The Labute approximate surface area is 147 Å². The number of piperidine rings is 1. The van der Waals surface area contributed by atoms with Crippen LogP contribution in [0, 0.1) is 5.92 Å². The molecule has 0 spiro atoms. The van der Waals surface area contributed by atoms with Crippen molar-refractivity contribution in [3.63, 3.8) is 0 Å². The summed E-state index contributed by atoms with van der Waals surface area (Å²) in [7, 11) is 0. The molecule has 0 atom stereocenters. The summed E-state index contributed by atoms with van der Waals surface area (Å²) in [6.45, 7) is 4.03. The molecule has 0 bridgehead atoms. The Kier molecular flexibility index (Phi) is 5.48. The van der Waals surface area contributed by atoms with E-state index in [0.29, 0.717) is 18.7 Å². The minimum atomic E-state index is 0.0269. The van der Waals surface area contributed by atoms with Crippen molar-refractivity contribution in [2.75, 3.05) is 19.6 Å². The van der Waals surface area contributed by atoms with Crippen molar-refractivity contribution in [3.05, 3.63) is 42.2 Å². The van der Waals surface area contributed by atoms with Gasteiger partial charge in [-0.3, -0.25) is 14.7 Å². The first kappa shape index (κ1) is 17.2. The van der Waals surface area contributed by atoms with Crippen LogP contribution in [0.1, 0.15) is 36.5 Å². The van der Waals surface area contributed by atoms with Gasteiger partial charge >= 0.3 is 0 Å². The molecule has 1 aromatic carbocycles. The SMILES string of the molecule is CCCNC(=O)C1CCN(C(=O)c2ccc(-c3cn[nH]c3)cc2)CC1. The van der Waals surface area contributed by atoms with Crippen LogP contribution in [0.15, 0.2) is 36.7 Å². The van der Waals surface area contributed by atoms with Gasteiger partial charge in [-0.05, 0) is 37.0 Å². The number of aromatic nitrogens is 2. The maximum Gasteiger partial charge on any atom is 0.253 e. The fraction of sp³-hybridized carbons (Fsp3) is 0.421. The lowest BCUT2D eigenvalue weighted by Crippen LogP contribution is -2.43. The van der Waals surface area contributed by atoms with E-state index in [1.165, 1.54) is 0 Å². The van der Waals surface area contributed by atoms with Crippen LogP contribution in [0.25, 0.3) is 11.1 Å². The van der Waals surface area contributed by atoms with E-state index in [1.807, 2.05) is 42.3 Å². The minimum Gasteiger partial charge on any atom is -0.356 e. The van der Waals surface area contributed by atoms with E-state index in [4.69, 9.17) is 0 Å². The maximum absolute atomic E-state index is 12.7. The summed E-state index contributed by atoms with van der Waals surface area (Å²) in [5.41, 5.74) is 2.70. The van der Waals surface area contributed by atoms with Gasteiger partial charge < -0.3 is 10.2 Å². The van der Waals surface area contributed by atoms with E-state index in [2.05, 4.69) is 15.5 Å². The van der Waals surface area contributed by atoms with Crippen molar-refractivity contribution in [1.29, 1.82) is 0 Å². The quantitative estimate of drug-likeness (QED) is 0.877. The van der Waals surface area contributed by atoms with Crippen molar-refractivity contribution < 1.29 is 9.59 Å². The van der Waals surface area contributed by atoms with Gasteiger partial charge in [0.25, 0.3) is 5.91 Å². The van der Waals surface area contributed by atoms with Gasteiger partial charge in [0.1, 0.15) is 0 Å². The first-order valence-corrected chi connectivity index (χ1v) is 8.85. The molecule has 6 heteroatoms. The highest BCUT2D eigenvalue weighted by Gasteiger charge is 2.27. The van der Waals surface area contributed by atoms with Crippen LogP contribution < -0.4 is 5.32 Å². The highest BCUT2D eigenvalue weighted by Crippen LogP contribution is 2.22. The molecule has 0 unspecified atom stereocenters. The summed E-state index contributed by atoms with van der Waals surface area (Å²) in [6, 6.07) is 7.57. The predicted octanol–water partition coefficient (Wildman–Crippen LogP) is 2.46. The molecule has 0 radical (unpaired) electrons. The summed E-state index contributed by atoms with van der Waals surface area (Å²) >= 11 is 0. The Morgan fingerprint density at radius 1 is 1.20 bits per heavy atom. The number of aromatic amines is 1. The number of likely N-dealkylation sites (tertiary alicyclic amines) is 1. The molecule has 1 fully saturated rings. The Balaban J connectivity index is 1.56. The van der Waals surface area contributed by atoms with Crippen LogP contribution in [0.2, 0.25) is 0 Å². The highest BCUT2D eigenvalue weighted by molar-refractivity contribution is 5.95. The normalized spacial score (nSPS) is 15.2. The Morgan fingerprint density at radius 2 is 1.92 bits per heavy atom. The van der Waals surface area contributed by atoms with Crippen LogP contribution in [0.5, 0.6) is 0 Å². The fourth-order valence-electron chi connectivity index (χ4n) is 3.13. The summed E-state index contributed by atoms with van der Waals surface area (Å²) < 4.78 is 0. The lowest BCUT2D eigenvalue weighted by Gasteiger charge is -2.31. The Hall–Kier alpha value is -2.63. The largest absolute Gasteiger partial charge is 0.356 e. The van der Waals surface area contributed by atoms with Gasteiger partial charge in [-0.2, -0.15) is 5.10 Å². The van der Waals surface area contributed by atoms with Gasteiger partial charge in [-0.1, -0.05) is 19.1 Å². The molecule has 2 N–H and O–H groups in total. The van der Waals surface area contributed by atoms with E-state index >= 15 is 0 Å². The monoisotopic (exact) mass is 340 g/mol. The first-order chi connectivity index (χ1) is 12.2. The van der Waals surface area contributed by atoms with Gasteiger partial charge in [0.15, 0.2) is 0 Å². The van der Waals surface area contributed by atoms with E-state index < -0.39 is 0 Å². The van der Waals surface area contributed by atoms with Gasteiger partial charge in [-0.15, -0.1) is 0 Å². The summed E-state index contributed by atoms with van der Waals surface area (Å²) in [5, 5.41) is 9.67. The van der Waals surface area contributed by atoms with Gasteiger partial charge in [0, 0.05) is 42.9 Å². The zero-order valence-electron chi connectivity index (χ0n) is 14.5. The highest BCUT2D eigenvalue weighted by atomic mass is 16.2. The molecular weight excluding hydrogens is 316 g/mol. The van der Waals surface area contributed by atoms with Crippen LogP contribution in [-0.2, 0) is 4.79 Å². The standard InChI is InChI=1S/C19H24N4O2/c1-2-9-20-18(24)15-7-10-23(11-8-15)19(25)16-5-3-14(4-6-16)17-12-21-22-13-17/h3-6,12-13,15H,2,7-11H2,1H3,(H,20,24)(H,21,22). The third-order valence-corrected chi connectivity index (χ3v) is 4.67. The summed E-state index contributed by atoms with van der Waals surface area (Å²) in [5.74, 6) is 0.184. The van der Waals surface area contributed by atoms with Crippen molar-refractivity contribution in [3.8, 4) is 11.1 Å². The van der Waals surface area contributed by atoms with Gasteiger partial charge in [0.2, 0.25) is 5.91 Å². The van der Waals surface area contributed by atoms with Gasteiger partial charge in [-0.25, -0.2) is 0 Å². The smallest absolute Gasteiger partial charge is 0.253 e. The van der Waals surface area contributed by atoms with Gasteiger partial charge in [0.05, 0.1) is 6.20 Å². The van der Waals surface area contributed by atoms with Crippen LogP contribution >= 0.6 is 0 Å². The second-order valence-corrected chi connectivity index (χ2v) is 6.42. The first-order valence-electron chi connectivity index (χ1n) is 8.85. The zero-order valence-corrected chi connectivity index (χ0v) is 14.5. The van der Waals surface area contributed by atoms with E-state index in [-0.39, 0.29) is 17.7 Å². The maximum atomic E-state index is 12.7. The average Bonchev–Trinajstić information content (AvgIpc) is 3.20. The lowest BCUT2D eigenvalue weighted by molar-refractivity contribution is -0.126. The van der Waals surface area contributed by atoms with E-state index in [0.717, 1.165) is 36.9 Å². The lowest BCUT2D eigenvalue weighted by atomic mass is 9.95. The number of hydrogen-bond acceptors (Lipinski definition) is 3. The van der Waals surface area contributed by atoms with E-state index in [1.54, 1.807) is 6.20 Å². The molecule has 2 aromatic rings. The second-order valence-electron chi connectivity index (χ2n) is 6.42. The second kappa shape index (κ2) is 7.96. The molecule has 132 valence electrons. The molecule has 2 heterocycles. The molecule has 1 aliphatic rings. The zero-order chi connectivity index (χ0) is 17.6. The summed E-state index contributed by atoms with van der Waals surface area (Å²) in [6.07, 6.45) is 5.98. The number of benzene rings is 1. The fourth-order valence-corrected chi connectivity index (χ4v) is 3.13. The number of amides is 2. The number of hydrogen-bond donors (Lipinski definition) is 2. The molecule has 1 saturated heterocycles. The molecule has 1 aromatic heterocycles. The van der Waals surface area contributed by atoms with Crippen LogP contribution in [-0.4, -0.2) is 46.5 Å². The average molecular weight is 340 g/mol.